The number of benzene rings is 3. The number of rotatable bonds is 8. The smallest absolute Gasteiger partial charge is 0.261 e. The van der Waals surface area contributed by atoms with Gasteiger partial charge in [-0.2, -0.15) is 0 Å². The Labute approximate surface area is 258 Å². The highest BCUT2D eigenvalue weighted by atomic mass is 28.4. The first-order valence-electron chi connectivity index (χ1n) is 14.8. The first-order chi connectivity index (χ1) is 21.0. The molecule has 232 valence electrons. The number of morpholine rings is 1. The minimum Gasteiger partial charge on any atom is -0.449 e. The van der Waals surface area contributed by atoms with Crippen LogP contribution < -0.4 is 15.3 Å². The first kappa shape index (κ1) is 31.6. The molecular formula is C34H39F2N3O4Si. The second kappa shape index (κ2) is 12.6. The number of halogens is 2. The summed E-state index contributed by atoms with van der Waals surface area (Å²) >= 11 is 0. The van der Waals surface area contributed by atoms with Gasteiger partial charge in [0, 0.05) is 31.1 Å². The van der Waals surface area contributed by atoms with Gasteiger partial charge < -0.3 is 23.7 Å². The normalized spacial score (nSPS) is 18.1. The molecule has 0 spiro atoms. The molecule has 1 N–H and O–H groups in total. The number of nitrogens with zero attached hydrogens (tertiary/aromatic N) is 3. The van der Waals surface area contributed by atoms with Crippen LogP contribution in [0.25, 0.3) is 0 Å². The third-order valence-electron chi connectivity index (χ3n) is 8.07. The van der Waals surface area contributed by atoms with Gasteiger partial charge in [0.15, 0.2) is 17.5 Å². The summed E-state index contributed by atoms with van der Waals surface area (Å²) in [4.78, 5) is 6.01. The van der Waals surface area contributed by atoms with Crippen LogP contribution in [0.3, 0.4) is 0 Å². The average molecular weight is 620 g/mol. The quantitative estimate of drug-likeness (QED) is 0.110. The summed E-state index contributed by atoms with van der Waals surface area (Å²) in [6.07, 6.45) is 0.859. The highest BCUT2D eigenvalue weighted by Crippen LogP contribution is 2.39. The Morgan fingerprint density at radius 1 is 1.00 bits per heavy atom. The van der Waals surface area contributed by atoms with E-state index in [4.69, 9.17) is 13.6 Å². The molecule has 0 amide bonds. The molecule has 0 saturated carbocycles. The van der Waals surface area contributed by atoms with Gasteiger partial charge in [-0.3, -0.25) is 0 Å². The number of oxime groups is 1. The summed E-state index contributed by atoms with van der Waals surface area (Å²) in [5, 5.41) is 15.1. The molecule has 2 atom stereocenters. The van der Waals surface area contributed by atoms with Gasteiger partial charge in [0.25, 0.3) is 8.32 Å². The van der Waals surface area contributed by atoms with Gasteiger partial charge in [0.1, 0.15) is 17.7 Å². The Bertz CT molecular complexity index is 1570. The largest absolute Gasteiger partial charge is 0.449 e. The van der Waals surface area contributed by atoms with Gasteiger partial charge in [-0.05, 0) is 35.3 Å². The Hall–Kier alpha value is -3.86. The molecule has 44 heavy (non-hydrogen) atoms. The highest BCUT2D eigenvalue weighted by Gasteiger charge is 2.50. The molecule has 0 aliphatic carbocycles. The highest BCUT2D eigenvalue weighted by molar-refractivity contribution is 6.99. The molecule has 0 radical (unpaired) electrons. The third kappa shape index (κ3) is 5.94. The number of aromatic nitrogens is 1. The molecule has 1 fully saturated rings. The van der Waals surface area contributed by atoms with Crippen LogP contribution in [0.4, 0.5) is 14.5 Å². The first-order valence-corrected chi connectivity index (χ1v) is 16.7. The van der Waals surface area contributed by atoms with E-state index < -0.39 is 20.0 Å². The summed E-state index contributed by atoms with van der Waals surface area (Å²) in [6.45, 7) is 12.6. The fraction of sp³-hybridized carbons (Fsp3) is 0.353. The second-order valence-electron chi connectivity index (χ2n) is 12.4. The van der Waals surface area contributed by atoms with Crippen molar-refractivity contribution in [3.63, 3.8) is 0 Å². The van der Waals surface area contributed by atoms with Gasteiger partial charge in [0.2, 0.25) is 0 Å². The van der Waals surface area contributed by atoms with Crippen molar-refractivity contribution in [2.45, 2.75) is 65.4 Å². The molecule has 1 aliphatic rings. The van der Waals surface area contributed by atoms with Crippen LogP contribution in [0.1, 0.15) is 57.3 Å². The van der Waals surface area contributed by atoms with Crippen molar-refractivity contribution in [2.24, 2.45) is 5.16 Å². The van der Waals surface area contributed by atoms with Crippen molar-refractivity contribution < 1.29 is 27.6 Å². The molecule has 1 aromatic heterocycles. The summed E-state index contributed by atoms with van der Waals surface area (Å²) in [5.74, 6) is -1.90. The molecule has 3 aromatic carbocycles. The van der Waals surface area contributed by atoms with Crippen LogP contribution in [0.5, 0.6) is 0 Å². The van der Waals surface area contributed by atoms with E-state index in [9.17, 15) is 5.21 Å². The van der Waals surface area contributed by atoms with Gasteiger partial charge in [-0.1, -0.05) is 86.6 Å². The number of oxazole rings is 1. The van der Waals surface area contributed by atoms with E-state index in [0.29, 0.717) is 24.5 Å². The molecule has 7 nitrogen and oxygen atoms in total. The molecule has 10 heteroatoms. The van der Waals surface area contributed by atoms with Crippen molar-refractivity contribution >= 4 is 30.1 Å². The molecular weight excluding hydrogens is 580 g/mol. The van der Waals surface area contributed by atoms with Crippen LogP contribution >= 0.6 is 0 Å². The van der Waals surface area contributed by atoms with E-state index in [0.717, 1.165) is 10.4 Å². The van der Waals surface area contributed by atoms with Crippen molar-refractivity contribution in [3.8, 4) is 0 Å². The Balaban J connectivity index is 1.70. The average Bonchev–Trinajstić information content (AvgIpc) is 3.41. The molecule has 0 bridgehead atoms. The van der Waals surface area contributed by atoms with E-state index in [1.54, 1.807) is 6.92 Å². The molecule has 2 heterocycles. The van der Waals surface area contributed by atoms with Crippen LogP contribution in [0, 0.1) is 18.6 Å². The Morgan fingerprint density at radius 3 is 2.05 bits per heavy atom. The van der Waals surface area contributed by atoms with Crippen molar-refractivity contribution in [3.05, 3.63) is 107 Å². The lowest BCUT2D eigenvalue weighted by Gasteiger charge is -2.43. The number of hydrogen-bond donors (Lipinski definition) is 1. The maximum Gasteiger partial charge on any atom is 0.261 e. The summed E-state index contributed by atoms with van der Waals surface area (Å²) in [5.41, 5.74) is 0.149. The zero-order valence-corrected chi connectivity index (χ0v) is 27.0. The SMILES string of the molecule is Cc1nc(/C(=N\O)c2cc(CO[Si](c3ccccc3)(c3ccccc3)C(C)(C)C)c(N3C[C@@H](C)O[C@@H](C)C3)c(F)c2F)co1. The van der Waals surface area contributed by atoms with Crippen LogP contribution in [-0.2, 0) is 15.8 Å². The predicted molar refractivity (Wildman–Crippen MR) is 170 cm³/mol. The lowest BCUT2D eigenvalue weighted by molar-refractivity contribution is -0.00553. The number of ether oxygens (including phenoxy) is 1. The van der Waals surface area contributed by atoms with Gasteiger partial charge in [-0.15, -0.1) is 0 Å². The number of anilines is 1. The van der Waals surface area contributed by atoms with E-state index in [2.05, 4.69) is 55.2 Å². The van der Waals surface area contributed by atoms with E-state index >= 15 is 8.78 Å². The zero-order chi connectivity index (χ0) is 31.6. The summed E-state index contributed by atoms with van der Waals surface area (Å²) < 4.78 is 50.7. The van der Waals surface area contributed by atoms with Gasteiger partial charge >= 0.3 is 0 Å². The number of aryl methyl sites for hydroxylation is 1. The maximum absolute atomic E-state index is 16.4. The fourth-order valence-corrected chi connectivity index (χ4v) is 10.8. The minimum absolute atomic E-state index is 0.0243. The van der Waals surface area contributed by atoms with Crippen LogP contribution in [0.15, 0.2) is 82.6 Å². The summed E-state index contributed by atoms with van der Waals surface area (Å²) in [7, 11) is -3.04. The lowest BCUT2D eigenvalue weighted by atomic mass is 10.0. The van der Waals surface area contributed by atoms with E-state index in [1.807, 2.05) is 55.1 Å². The molecule has 1 aliphatic heterocycles. The molecule has 0 unspecified atom stereocenters. The number of hydrogen-bond acceptors (Lipinski definition) is 7. The van der Waals surface area contributed by atoms with Crippen molar-refractivity contribution in [1.82, 2.24) is 4.98 Å². The van der Waals surface area contributed by atoms with E-state index in [-0.39, 0.29) is 46.5 Å². The molecule has 1 saturated heterocycles. The molecule has 4 aromatic rings. The topological polar surface area (TPSA) is 80.3 Å². The van der Waals surface area contributed by atoms with Crippen LogP contribution in [0.2, 0.25) is 5.04 Å². The fourth-order valence-electron chi connectivity index (χ4n) is 6.32. The lowest BCUT2D eigenvalue weighted by Crippen LogP contribution is -2.66. The van der Waals surface area contributed by atoms with E-state index in [1.165, 1.54) is 12.3 Å². The van der Waals surface area contributed by atoms with Crippen molar-refractivity contribution in [2.75, 3.05) is 18.0 Å². The summed E-state index contributed by atoms with van der Waals surface area (Å²) in [6, 6.07) is 21.8. The van der Waals surface area contributed by atoms with Gasteiger partial charge in [0.05, 0.1) is 24.5 Å². The standard InChI is InChI=1S/C34H39F2N3O4Si/c1-22-18-39(19-23(2)43-22)33-25(17-28(30(35)31(33)36)32(38-40)29-21-41-24(3)37-29)20-42-44(34(4,5)6,26-13-9-7-10-14-26)27-15-11-8-12-16-27/h7-17,21-23,40H,18-20H2,1-6H3/b38-32-/t22-,23+. The maximum atomic E-state index is 16.4. The Kier molecular flexibility index (Phi) is 9.06. The second-order valence-corrected chi connectivity index (χ2v) is 16.7. The Morgan fingerprint density at radius 2 is 1.57 bits per heavy atom. The zero-order valence-electron chi connectivity index (χ0n) is 26.0. The third-order valence-corrected chi connectivity index (χ3v) is 13.1. The molecule has 5 rings (SSSR count). The predicted octanol–water partition coefficient (Wildman–Crippen LogP) is 6.18. The monoisotopic (exact) mass is 619 g/mol. The van der Waals surface area contributed by atoms with Crippen LogP contribution in [-0.4, -0.2) is 49.5 Å². The minimum atomic E-state index is -3.04. The van der Waals surface area contributed by atoms with Gasteiger partial charge in [-0.25, -0.2) is 13.8 Å². The van der Waals surface area contributed by atoms with Crippen molar-refractivity contribution in [1.29, 1.82) is 0 Å².